The smallest absolute Gasteiger partial charge is 0.387 e. The summed E-state index contributed by atoms with van der Waals surface area (Å²) in [6.45, 7) is 2.20. The lowest BCUT2D eigenvalue weighted by Gasteiger charge is -2.34. The van der Waals surface area contributed by atoms with E-state index in [0.717, 1.165) is 11.1 Å². The Hall–Kier alpha value is -2.72. The van der Waals surface area contributed by atoms with Crippen LogP contribution < -0.4 is 10.1 Å². The first-order valence-electron chi connectivity index (χ1n) is 10.3. The standard InChI is InChI=1S/C22H27F2N3O4S/c1-16-3-4-17(2)20(15-16)32(29,30)27-13-11-26(12-14-27)22(28)25-10-9-18-5-7-19(8-6-18)31-21(23)24/h3-8,15,21H,9-14H2,1-2H3,(H,25,28). The fraction of sp³-hybridized carbons (Fsp3) is 0.409. The van der Waals surface area contributed by atoms with Gasteiger partial charge in [-0.1, -0.05) is 24.3 Å². The van der Waals surface area contributed by atoms with Crippen LogP contribution in [-0.2, 0) is 16.4 Å². The van der Waals surface area contributed by atoms with Gasteiger partial charge in [0, 0.05) is 32.7 Å². The molecule has 0 radical (unpaired) electrons. The van der Waals surface area contributed by atoms with Crippen molar-refractivity contribution in [2.45, 2.75) is 31.8 Å². The lowest BCUT2D eigenvalue weighted by molar-refractivity contribution is -0.0498. The number of ether oxygens (including phenoxy) is 1. The maximum Gasteiger partial charge on any atom is 0.387 e. The van der Waals surface area contributed by atoms with Gasteiger partial charge in [0.05, 0.1) is 4.90 Å². The Bertz CT molecular complexity index is 1040. The van der Waals surface area contributed by atoms with Crippen molar-refractivity contribution in [1.82, 2.24) is 14.5 Å². The Morgan fingerprint density at radius 2 is 1.72 bits per heavy atom. The zero-order valence-electron chi connectivity index (χ0n) is 18.1. The van der Waals surface area contributed by atoms with Crippen molar-refractivity contribution in [1.29, 1.82) is 0 Å². The number of hydrogen-bond acceptors (Lipinski definition) is 4. The third kappa shape index (κ3) is 5.95. The van der Waals surface area contributed by atoms with E-state index in [4.69, 9.17) is 0 Å². The summed E-state index contributed by atoms with van der Waals surface area (Å²) in [5, 5.41) is 2.82. The van der Waals surface area contributed by atoms with Gasteiger partial charge in [-0.2, -0.15) is 13.1 Å². The minimum absolute atomic E-state index is 0.0847. The fourth-order valence-electron chi connectivity index (χ4n) is 3.52. The molecule has 1 saturated heterocycles. The first-order chi connectivity index (χ1) is 15.2. The number of carbonyl (C=O) groups is 1. The monoisotopic (exact) mass is 467 g/mol. The van der Waals surface area contributed by atoms with E-state index in [1.54, 1.807) is 36.1 Å². The van der Waals surface area contributed by atoms with Crippen molar-refractivity contribution in [3.8, 4) is 5.75 Å². The number of nitrogens with zero attached hydrogens (tertiary/aromatic N) is 2. The molecule has 7 nitrogen and oxygen atoms in total. The molecule has 2 aromatic carbocycles. The largest absolute Gasteiger partial charge is 0.435 e. The van der Waals surface area contributed by atoms with Crippen LogP contribution in [-0.4, -0.2) is 63.0 Å². The molecule has 0 saturated carbocycles. The summed E-state index contributed by atoms with van der Waals surface area (Å²) in [4.78, 5) is 14.3. The Balaban J connectivity index is 1.47. The van der Waals surface area contributed by atoms with Gasteiger partial charge in [-0.3, -0.25) is 0 Å². The molecule has 0 unspecified atom stereocenters. The number of aryl methyl sites for hydroxylation is 2. The third-order valence-corrected chi connectivity index (χ3v) is 7.37. The minimum atomic E-state index is -3.61. The van der Waals surface area contributed by atoms with Crippen molar-refractivity contribution in [3.05, 3.63) is 59.2 Å². The maximum absolute atomic E-state index is 13.0. The van der Waals surface area contributed by atoms with E-state index in [9.17, 15) is 22.0 Å². The predicted octanol–water partition coefficient (Wildman–Crippen LogP) is 3.16. The quantitative estimate of drug-likeness (QED) is 0.679. The zero-order chi connectivity index (χ0) is 23.3. The van der Waals surface area contributed by atoms with Gasteiger partial charge in [-0.15, -0.1) is 0 Å². The van der Waals surface area contributed by atoms with E-state index >= 15 is 0 Å². The lowest BCUT2D eigenvalue weighted by Crippen LogP contribution is -2.53. The van der Waals surface area contributed by atoms with Gasteiger partial charge in [0.15, 0.2) is 0 Å². The van der Waals surface area contributed by atoms with Crippen molar-refractivity contribution in [2.75, 3.05) is 32.7 Å². The Kier molecular flexibility index (Phi) is 7.68. The number of amides is 2. The van der Waals surface area contributed by atoms with Crippen molar-refractivity contribution < 1.29 is 26.7 Å². The number of benzene rings is 2. The molecule has 1 aliphatic heterocycles. The molecule has 1 heterocycles. The van der Waals surface area contributed by atoms with E-state index in [0.29, 0.717) is 36.5 Å². The Labute approximate surface area is 187 Å². The van der Waals surface area contributed by atoms with Crippen LogP contribution in [0.25, 0.3) is 0 Å². The van der Waals surface area contributed by atoms with Crippen molar-refractivity contribution >= 4 is 16.1 Å². The van der Waals surface area contributed by atoms with Crippen LogP contribution in [0.3, 0.4) is 0 Å². The van der Waals surface area contributed by atoms with E-state index in [1.165, 1.54) is 16.4 Å². The number of sulfonamides is 1. The second kappa shape index (κ2) is 10.3. The Morgan fingerprint density at radius 3 is 2.34 bits per heavy atom. The van der Waals surface area contributed by atoms with Gasteiger partial charge in [-0.05, 0) is 55.2 Å². The topological polar surface area (TPSA) is 79.0 Å². The highest BCUT2D eigenvalue weighted by atomic mass is 32.2. The summed E-state index contributed by atoms with van der Waals surface area (Å²) in [7, 11) is -3.61. The van der Waals surface area contributed by atoms with Crippen LogP contribution in [0.1, 0.15) is 16.7 Å². The average Bonchev–Trinajstić information content (AvgIpc) is 2.76. The average molecular weight is 468 g/mol. The van der Waals surface area contributed by atoms with Crippen molar-refractivity contribution in [3.63, 3.8) is 0 Å². The second-order valence-corrected chi connectivity index (χ2v) is 9.57. The molecular formula is C22H27F2N3O4S. The molecule has 1 aliphatic rings. The van der Waals surface area contributed by atoms with Crippen LogP contribution >= 0.6 is 0 Å². The molecule has 10 heteroatoms. The maximum atomic E-state index is 13.0. The minimum Gasteiger partial charge on any atom is -0.435 e. The second-order valence-electron chi connectivity index (χ2n) is 7.66. The lowest BCUT2D eigenvalue weighted by atomic mass is 10.1. The Morgan fingerprint density at radius 1 is 1.06 bits per heavy atom. The molecule has 0 bridgehead atoms. The molecule has 0 aliphatic carbocycles. The number of halogens is 2. The highest BCUT2D eigenvalue weighted by Gasteiger charge is 2.31. The molecule has 174 valence electrons. The van der Waals surface area contributed by atoms with Crippen LogP contribution in [0.15, 0.2) is 47.4 Å². The summed E-state index contributed by atoms with van der Waals surface area (Å²) < 4.78 is 56.1. The molecule has 3 rings (SSSR count). The van der Waals surface area contributed by atoms with Gasteiger partial charge < -0.3 is 15.0 Å². The van der Waals surface area contributed by atoms with Gasteiger partial charge in [0.2, 0.25) is 10.0 Å². The SMILES string of the molecule is Cc1ccc(C)c(S(=O)(=O)N2CCN(C(=O)NCCc3ccc(OC(F)F)cc3)CC2)c1. The highest BCUT2D eigenvalue weighted by Crippen LogP contribution is 2.22. The molecule has 0 spiro atoms. The van der Waals surface area contributed by atoms with E-state index in [2.05, 4.69) is 10.1 Å². The summed E-state index contributed by atoms with van der Waals surface area (Å²) in [5.41, 5.74) is 2.45. The summed E-state index contributed by atoms with van der Waals surface area (Å²) >= 11 is 0. The fourth-order valence-corrected chi connectivity index (χ4v) is 5.25. The van der Waals surface area contributed by atoms with Gasteiger partial charge in [0.25, 0.3) is 0 Å². The molecule has 2 aromatic rings. The van der Waals surface area contributed by atoms with Crippen LogP contribution in [0, 0.1) is 13.8 Å². The normalized spacial score (nSPS) is 15.1. The number of piperazine rings is 1. The van der Waals surface area contributed by atoms with Gasteiger partial charge in [-0.25, -0.2) is 13.2 Å². The van der Waals surface area contributed by atoms with Crippen LogP contribution in [0.5, 0.6) is 5.75 Å². The van der Waals surface area contributed by atoms with Crippen molar-refractivity contribution in [2.24, 2.45) is 0 Å². The molecule has 0 atom stereocenters. The summed E-state index contributed by atoms with van der Waals surface area (Å²) in [6.07, 6.45) is 0.529. The molecule has 1 fully saturated rings. The number of rotatable bonds is 7. The molecule has 2 amide bonds. The first kappa shape index (κ1) is 23.9. The van der Waals surface area contributed by atoms with Crippen LogP contribution in [0.2, 0.25) is 0 Å². The number of hydrogen-bond donors (Lipinski definition) is 1. The summed E-state index contributed by atoms with van der Waals surface area (Å²) in [5.74, 6) is 0.0847. The number of alkyl halides is 2. The predicted molar refractivity (Wildman–Crippen MR) is 116 cm³/mol. The molecule has 1 N–H and O–H groups in total. The number of urea groups is 1. The van der Waals surface area contributed by atoms with Gasteiger partial charge >= 0.3 is 12.6 Å². The van der Waals surface area contributed by atoms with E-state index < -0.39 is 16.6 Å². The highest BCUT2D eigenvalue weighted by molar-refractivity contribution is 7.89. The summed E-state index contributed by atoms with van der Waals surface area (Å²) in [6, 6.07) is 11.3. The molecule has 0 aromatic heterocycles. The molecular weight excluding hydrogens is 440 g/mol. The third-order valence-electron chi connectivity index (χ3n) is 5.33. The molecule has 32 heavy (non-hydrogen) atoms. The first-order valence-corrected chi connectivity index (χ1v) is 11.7. The van der Waals surface area contributed by atoms with Crippen LogP contribution in [0.4, 0.5) is 13.6 Å². The van der Waals surface area contributed by atoms with E-state index in [-0.39, 0.29) is 24.9 Å². The van der Waals surface area contributed by atoms with Gasteiger partial charge in [0.1, 0.15) is 5.75 Å². The number of carbonyl (C=O) groups excluding carboxylic acids is 1. The number of nitrogens with one attached hydrogen (secondary N) is 1. The zero-order valence-corrected chi connectivity index (χ0v) is 18.9. The van der Waals surface area contributed by atoms with E-state index in [1.807, 2.05) is 13.0 Å².